The van der Waals surface area contributed by atoms with Crippen molar-refractivity contribution in [2.45, 2.75) is 39.3 Å². The Labute approximate surface area is 107 Å². The predicted molar refractivity (Wildman–Crippen MR) is 69.4 cm³/mol. The minimum Gasteiger partial charge on any atom is -0.481 e. The molecule has 0 bridgehead atoms. The molecule has 1 aromatic carbocycles. The van der Waals surface area contributed by atoms with Crippen LogP contribution < -0.4 is 10.1 Å². The lowest BCUT2D eigenvalue weighted by molar-refractivity contribution is -0.127. The first kappa shape index (κ1) is 13.8. The van der Waals surface area contributed by atoms with Crippen LogP contribution in [0.5, 0.6) is 5.75 Å². The molecule has 0 fully saturated rings. The van der Waals surface area contributed by atoms with Gasteiger partial charge in [-0.25, -0.2) is 0 Å². The third kappa shape index (κ3) is 4.65. The molecule has 0 saturated carbocycles. The second-order valence-electron chi connectivity index (χ2n) is 4.04. The number of rotatable bonds is 5. The summed E-state index contributed by atoms with van der Waals surface area (Å²) in [5.41, 5.74) is 0. The predicted octanol–water partition coefficient (Wildman–Crippen LogP) is 3.02. The van der Waals surface area contributed by atoms with E-state index in [1.807, 2.05) is 13.8 Å². The van der Waals surface area contributed by atoms with Crippen LogP contribution in [0.3, 0.4) is 0 Å². The Kier molecular flexibility index (Phi) is 5.29. The molecule has 0 saturated heterocycles. The molecule has 94 valence electrons. The zero-order valence-corrected chi connectivity index (χ0v) is 11.1. The quantitative estimate of drug-likeness (QED) is 0.878. The molecule has 0 aliphatic rings. The lowest BCUT2D eigenvalue weighted by atomic mass is 10.2. The van der Waals surface area contributed by atoms with Gasteiger partial charge in [-0.05, 0) is 38.5 Å². The minimum absolute atomic E-state index is 0.112. The van der Waals surface area contributed by atoms with Crippen LogP contribution in [0.4, 0.5) is 0 Å². The first-order valence-corrected chi connectivity index (χ1v) is 6.13. The van der Waals surface area contributed by atoms with Gasteiger partial charge in [0, 0.05) is 11.1 Å². The monoisotopic (exact) mass is 255 g/mol. The summed E-state index contributed by atoms with van der Waals surface area (Å²) in [4.78, 5) is 11.7. The zero-order chi connectivity index (χ0) is 12.8. The Morgan fingerprint density at radius 1 is 1.47 bits per heavy atom. The Morgan fingerprint density at radius 2 is 2.18 bits per heavy atom. The number of ether oxygens (including phenoxy) is 1. The maximum Gasteiger partial charge on any atom is 0.260 e. The fourth-order valence-corrected chi connectivity index (χ4v) is 1.44. The van der Waals surface area contributed by atoms with Crippen molar-refractivity contribution in [1.82, 2.24) is 5.32 Å². The number of hydrogen-bond acceptors (Lipinski definition) is 2. The van der Waals surface area contributed by atoms with Crippen molar-refractivity contribution in [3.63, 3.8) is 0 Å². The summed E-state index contributed by atoms with van der Waals surface area (Å²) in [5, 5.41) is 3.46. The average Bonchev–Trinajstić information content (AvgIpc) is 2.28. The van der Waals surface area contributed by atoms with Gasteiger partial charge in [-0.1, -0.05) is 24.6 Å². The summed E-state index contributed by atoms with van der Waals surface area (Å²) < 4.78 is 5.51. The van der Waals surface area contributed by atoms with Crippen LogP contribution in [0.25, 0.3) is 0 Å². The average molecular weight is 256 g/mol. The second kappa shape index (κ2) is 6.50. The van der Waals surface area contributed by atoms with Crippen molar-refractivity contribution in [1.29, 1.82) is 0 Å². The molecule has 17 heavy (non-hydrogen) atoms. The van der Waals surface area contributed by atoms with E-state index >= 15 is 0 Å². The summed E-state index contributed by atoms with van der Waals surface area (Å²) in [5.74, 6) is 0.489. The van der Waals surface area contributed by atoms with Crippen LogP contribution in [0, 0.1) is 0 Å². The highest BCUT2D eigenvalue weighted by Crippen LogP contribution is 2.18. The summed E-state index contributed by atoms with van der Waals surface area (Å²) in [6.07, 6.45) is 0.373. The zero-order valence-electron chi connectivity index (χ0n) is 10.4. The van der Waals surface area contributed by atoms with E-state index in [-0.39, 0.29) is 11.9 Å². The molecule has 3 nitrogen and oxygen atoms in total. The maximum atomic E-state index is 11.7. The fraction of sp³-hybridized carbons (Fsp3) is 0.462. The number of halogens is 1. The summed E-state index contributed by atoms with van der Waals surface area (Å²) >= 11 is 5.83. The van der Waals surface area contributed by atoms with Crippen molar-refractivity contribution in [2.75, 3.05) is 0 Å². The number of benzene rings is 1. The van der Waals surface area contributed by atoms with Crippen LogP contribution in [0.15, 0.2) is 24.3 Å². The third-order valence-corrected chi connectivity index (χ3v) is 2.71. The molecule has 0 radical (unpaired) electrons. The Balaban J connectivity index is 2.54. The minimum atomic E-state index is -0.525. The normalized spacial score (nSPS) is 13.9. The highest BCUT2D eigenvalue weighted by Gasteiger charge is 2.16. The van der Waals surface area contributed by atoms with E-state index in [1.165, 1.54) is 0 Å². The van der Waals surface area contributed by atoms with Crippen molar-refractivity contribution in [3.05, 3.63) is 29.3 Å². The Hall–Kier alpha value is -1.22. The largest absolute Gasteiger partial charge is 0.481 e. The van der Waals surface area contributed by atoms with Gasteiger partial charge in [-0.3, -0.25) is 4.79 Å². The van der Waals surface area contributed by atoms with Gasteiger partial charge in [0.2, 0.25) is 0 Å². The second-order valence-corrected chi connectivity index (χ2v) is 4.47. The smallest absolute Gasteiger partial charge is 0.260 e. The fourth-order valence-electron chi connectivity index (χ4n) is 1.26. The number of amides is 1. The Bertz CT molecular complexity index is 381. The van der Waals surface area contributed by atoms with Crippen LogP contribution in [-0.2, 0) is 4.79 Å². The molecular formula is C13H18ClNO2. The van der Waals surface area contributed by atoms with E-state index in [9.17, 15) is 4.79 Å². The molecule has 1 aromatic rings. The van der Waals surface area contributed by atoms with Crippen LogP contribution in [-0.4, -0.2) is 18.1 Å². The molecule has 1 amide bonds. The molecule has 2 atom stereocenters. The van der Waals surface area contributed by atoms with Gasteiger partial charge in [0.1, 0.15) is 5.75 Å². The standard InChI is InChI=1S/C13H18ClNO2/c1-4-9(2)15-13(16)10(3)17-12-7-5-6-11(14)8-12/h5-10H,4H2,1-3H3,(H,15,16)/t9-,10-/m1/s1. The molecule has 0 heterocycles. The first-order chi connectivity index (χ1) is 8.02. The van der Waals surface area contributed by atoms with Gasteiger partial charge in [-0.2, -0.15) is 0 Å². The first-order valence-electron chi connectivity index (χ1n) is 5.75. The molecule has 0 spiro atoms. The molecule has 0 aliphatic heterocycles. The molecule has 0 unspecified atom stereocenters. The van der Waals surface area contributed by atoms with E-state index in [1.54, 1.807) is 31.2 Å². The van der Waals surface area contributed by atoms with Crippen molar-refractivity contribution >= 4 is 17.5 Å². The van der Waals surface area contributed by atoms with E-state index < -0.39 is 6.10 Å². The molecular weight excluding hydrogens is 238 g/mol. The Morgan fingerprint density at radius 3 is 2.76 bits per heavy atom. The van der Waals surface area contributed by atoms with Crippen LogP contribution >= 0.6 is 11.6 Å². The molecule has 0 aromatic heterocycles. The SMILES string of the molecule is CC[C@@H](C)NC(=O)[C@@H](C)Oc1cccc(Cl)c1. The topological polar surface area (TPSA) is 38.3 Å². The van der Waals surface area contributed by atoms with Crippen molar-refractivity contribution < 1.29 is 9.53 Å². The van der Waals surface area contributed by atoms with Gasteiger partial charge in [-0.15, -0.1) is 0 Å². The number of carbonyl (C=O) groups excluding carboxylic acids is 1. The van der Waals surface area contributed by atoms with E-state index in [2.05, 4.69) is 5.32 Å². The third-order valence-electron chi connectivity index (χ3n) is 2.48. The van der Waals surface area contributed by atoms with E-state index in [0.29, 0.717) is 10.8 Å². The van der Waals surface area contributed by atoms with Crippen LogP contribution in [0.1, 0.15) is 27.2 Å². The van der Waals surface area contributed by atoms with Gasteiger partial charge < -0.3 is 10.1 Å². The summed E-state index contributed by atoms with van der Waals surface area (Å²) in [6.45, 7) is 5.70. The van der Waals surface area contributed by atoms with Crippen molar-refractivity contribution in [2.24, 2.45) is 0 Å². The number of hydrogen-bond donors (Lipinski definition) is 1. The highest BCUT2D eigenvalue weighted by atomic mass is 35.5. The van der Waals surface area contributed by atoms with Crippen molar-refractivity contribution in [3.8, 4) is 5.75 Å². The summed E-state index contributed by atoms with van der Waals surface area (Å²) in [7, 11) is 0. The lowest BCUT2D eigenvalue weighted by Gasteiger charge is -2.17. The highest BCUT2D eigenvalue weighted by molar-refractivity contribution is 6.30. The summed E-state index contributed by atoms with van der Waals surface area (Å²) in [6, 6.07) is 7.18. The molecule has 1 N–H and O–H groups in total. The van der Waals surface area contributed by atoms with Gasteiger partial charge in [0.15, 0.2) is 6.10 Å². The van der Waals surface area contributed by atoms with Crippen LogP contribution in [0.2, 0.25) is 5.02 Å². The molecule has 0 aliphatic carbocycles. The number of nitrogens with one attached hydrogen (secondary N) is 1. The van der Waals surface area contributed by atoms with Gasteiger partial charge in [0.05, 0.1) is 0 Å². The lowest BCUT2D eigenvalue weighted by Crippen LogP contribution is -2.40. The maximum absolute atomic E-state index is 11.7. The van der Waals surface area contributed by atoms with Gasteiger partial charge >= 0.3 is 0 Å². The van der Waals surface area contributed by atoms with E-state index in [4.69, 9.17) is 16.3 Å². The molecule has 1 rings (SSSR count). The molecule has 4 heteroatoms. The number of carbonyl (C=O) groups is 1. The van der Waals surface area contributed by atoms with E-state index in [0.717, 1.165) is 6.42 Å². The van der Waals surface area contributed by atoms with Gasteiger partial charge in [0.25, 0.3) is 5.91 Å².